The summed E-state index contributed by atoms with van der Waals surface area (Å²) in [4.78, 5) is 0. The zero-order valence-corrected chi connectivity index (χ0v) is 7.80. The lowest BCUT2D eigenvalue weighted by molar-refractivity contribution is 0.537. The van der Waals surface area contributed by atoms with Crippen LogP contribution in [-0.4, -0.2) is 11.3 Å². The van der Waals surface area contributed by atoms with Crippen molar-refractivity contribution in [2.75, 3.05) is 5.73 Å². The van der Waals surface area contributed by atoms with Crippen LogP contribution in [0.25, 0.3) is 0 Å². The molecule has 0 heterocycles. The van der Waals surface area contributed by atoms with Gasteiger partial charge in [0.25, 0.3) is 0 Å². The number of benzene rings is 1. The van der Waals surface area contributed by atoms with E-state index in [2.05, 4.69) is 12.2 Å². The van der Waals surface area contributed by atoms with E-state index in [9.17, 15) is 0 Å². The molecule has 0 spiro atoms. The van der Waals surface area contributed by atoms with Crippen LogP contribution in [0, 0.1) is 5.41 Å². The summed E-state index contributed by atoms with van der Waals surface area (Å²) in [6.07, 6.45) is 0.361. The van der Waals surface area contributed by atoms with Gasteiger partial charge in [0.1, 0.15) is 5.75 Å². The van der Waals surface area contributed by atoms with Gasteiger partial charge in [-0.1, -0.05) is 12.2 Å². The first-order chi connectivity index (χ1) is 6.22. The number of nitrogens with two attached hydrogens (primary N) is 1. The Balaban J connectivity index is 2.59. The molecule has 1 aromatic carbocycles. The van der Waals surface area contributed by atoms with E-state index in [0.717, 1.165) is 0 Å². The lowest BCUT2D eigenvalue weighted by atomic mass is 10.3. The van der Waals surface area contributed by atoms with E-state index in [4.69, 9.17) is 15.9 Å². The minimum Gasteiger partial charge on any atom is -0.443 e. The summed E-state index contributed by atoms with van der Waals surface area (Å²) in [5.74, 6) is 0.746. The van der Waals surface area contributed by atoms with Crippen LogP contribution in [0.2, 0.25) is 0 Å². The van der Waals surface area contributed by atoms with Crippen molar-refractivity contribution in [2.45, 2.75) is 6.42 Å². The molecular formula is C9H10N2OS. The molecular weight excluding hydrogens is 184 g/mol. The van der Waals surface area contributed by atoms with E-state index in [-0.39, 0.29) is 5.90 Å². The fourth-order valence-electron chi connectivity index (χ4n) is 0.795. The predicted octanol–water partition coefficient (Wildman–Crippen LogP) is 2.01. The molecule has 1 aromatic rings. The molecule has 0 saturated carbocycles. The van der Waals surface area contributed by atoms with E-state index in [1.165, 1.54) is 5.37 Å². The molecule has 0 aromatic heterocycles. The lowest BCUT2D eigenvalue weighted by Gasteiger charge is -2.04. The number of ether oxygens (including phenoxy) is 1. The second-order valence-corrected chi connectivity index (χ2v) is 2.80. The van der Waals surface area contributed by atoms with Crippen molar-refractivity contribution in [3.05, 3.63) is 24.3 Å². The Labute approximate surface area is 82.0 Å². The number of nitrogens with one attached hydrogen (secondary N) is 1. The first kappa shape index (κ1) is 9.67. The fraction of sp³-hybridized carbons (Fsp3) is 0.111. The van der Waals surface area contributed by atoms with Gasteiger partial charge in [-0.25, -0.2) is 0 Å². The second kappa shape index (κ2) is 4.57. The van der Waals surface area contributed by atoms with Crippen molar-refractivity contribution in [2.24, 2.45) is 0 Å². The van der Waals surface area contributed by atoms with Crippen LogP contribution < -0.4 is 10.5 Å². The van der Waals surface area contributed by atoms with E-state index in [1.54, 1.807) is 24.3 Å². The monoisotopic (exact) mass is 194 g/mol. The van der Waals surface area contributed by atoms with Gasteiger partial charge in [-0.3, -0.25) is 5.41 Å². The van der Waals surface area contributed by atoms with Crippen LogP contribution in [0.5, 0.6) is 5.75 Å². The van der Waals surface area contributed by atoms with Gasteiger partial charge in [0.2, 0.25) is 0 Å². The summed E-state index contributed by atoms with van der Waals surface area (Å²) < 4.78 is 5.14. The predicted molar refractivity (Wildman–Crippen MR) is 57.5 cm³/mol. The number of nitrogen functional groups attached to an aromatic ring is 1. The number of rotatable bonds is 3. The molecule has 3 N–H and O–H groups in total. The third-order valence-electron chi connectivity index (χ3n) is 1.39. The van der Waals surface area contributed by atoms with E-state index in [0.29, 0.717) is 17.9 Å². The molecule has 0 aliphatic heterocycles. The molecule has 0 atom stereocenters. The van der Waals surface area contributed by atoms with Crippen molar-refractivity contribution >= 4 is 29.2 Å². The summed E-state index contributed by atoms with van der Waals surface area (Å²) in [6, 6.07) is 6.88. The van der Waals surface area contributed by atoms with Crippen LogP contribution in [-0.2, 0) is 0 Å². The quantitative estimate of drug-likeness (QED) is 0.335. The maximum absolute atomic E-state index is 7.33. The number of hydrogen-bond donors (Lipinski definition) is 2. The summed E-state index contributed by atoms with van der Waals surface area (Å²) in [7, 11) is 0. The topological polar surface area (TPSA) is 59.1 Å². The molecule has 0 amide bonds. The van der Waals surface area contributed by atoms with E-state index < -0.39 is 0 Å². The van der Waals surface area contributed by atoms with E-state index in [1.807, 2.05) is 0 Å². The number of hydrogen-bond acceptors (Lipinski definition) is 4. The minimum absolute atomic E-state index is 0.139. The highest BCUT2D eigenvalue weighted by molar-refractivity contribution is 7.79. The highest BCUT2D eigenvalue weighted by Gasteiger charge is 1.97. The molecule has 0 aliphatic rings. The molecule has 0 unspecified atom stereocenters. The minimum atomic E-state index is 0.139. The van der Waals surface area contributed by atoms with Crippen molar-refractivity contribution < 1.29 is 4.74 Å². The van der Waals surface area contributed by atoms with Gasteiger partial charge in [-0.05, 0) is 29.6 Å². The molecule has 13 heavy (non-hydrogen) atoms. The second-order valence-electron chi connectivity index (χ2n) is 2.47. The third-order valence-corrected chi connectivity index (χ3v) is 1.56. The standard InChI is InChI=1S/C9H10N2OS/c10-7-1-3-8(4-2-7)12-9(11)5-6-13/h1-4,6,11H,5,10H2. The van der Waals surface area contributed by atoms with Gasteiger partial charge in [-0.15, -0.1) is 0 Å². The first-order valence-corrected chi connectivity index (χ1v) is 4.24. The molecule has 4 heteroatoms. The van der Waals surface area contributed by atoms with Crippen LogP contribution in [0.15, 0.2) is 24.3 Å². The lowest BCUT2D eigenvalue weighted by Crippen LogP contribution is -2.06. The smallest absolute Gasteiger partial charge is 0.192 e. The molecule has 0 aliphatic carbocycles. The average molecular weight is 194 g/mol. The van der Waals surface area contributed by atoms with Crippen LogP contribution in [0.1, 0.15) is 6.42 Å². The Hall–Kier alpha value is -1.42. The van der Waals surface area contributed by atoms with Crippen molar-refractivity contribution in [1.82, 2.24) is 0 Å². The Bertz CT molecular complexity index is 308. The number of anilines is 1. The molecule has 0 saturated heterocycles. The van der Waals surface area contributed by atoms with Crippen molar-refractivity contribution in [1.29, 1.82) is 5.41 Å². The molecule has 3 nitrogen and oxygen atoms in total. The third kappa shape index (κ3) is 3.21. The summed E-state index contributed by atoms with van der Waals surface area (Å²) in [5.41, 5.74) is 6.16. The van der Waals surface area contributed by atoms with Gasteiger partial charge in [-0.2, -0.15) is 0 Å². The van der Waals surface area contributed by atoms with Crippen LogP contribution in [0.4, 0.5) is 5.69 Å². The number of thiocarbonyl (C=S) groups is 1. The Morgan fingerprint density at radius 2 is 2.08 bits per heavy atom. The first-order valence-electron chi connectivity index (χ1n) is 3.77. The Morgan fingerprint density at radius 3 is 2.62 bits per heavy atom. The molecule has 68 valence electrons. The Kier molecular flexibility index (Phi) is 3.40. The largest absolute Gasteiger partial charge is 0.443 e. The maximum atomic E-state index is 7.33. The molecule has 0 radical (unpaired) electrons. The fourth-order valence-corrected chi connectivity index (χ4v) is 0.947. The summed E-state index contributed by atoms with van der Waals surface area (Å²) in [6.45, 7) is 0. The van der Waals surface area contributed by atoms with Gasteiger partial charge in [0.05, 0.1) is 6.42 Å². The summed E-state index contributed by atoms with van der Waals surface area (Å²) in [5, 5.41) is 8.79. The molecule has 0 fully saturated rings. The highest BCUT2D eigenvalue weighted by atomic mass is 32.1. The SMILES string of the molecule is N=C(CC=S)Oc1ccc(N)cc1. The van der Waals surface area contributed by atoms with Gasteiger partial charge < -0.3 is 10.5 Å². The van der Waals surface area contributed by atoms with E-state index >= 15 is 0 Å². The van der Waals surface area contributed by atoms with Crippen molar-refractivity contribution in [3.8, 4) is 5.75 Å². The van der Waals surface area contributed by atoms with Crippen LogP contribution >= 0.6 is 12.2 Å². The van der Waals surface area contributed by atoms with Gasteiger partial charge in [0, 0.05) is 5.69 Å². The Morgan fingerprint density at radius 1 is 1.46 bits per heavy atom. The molecule has 1 rings (SSSR count). The maximum Gasteiger partial charge on any atom is 0.192 e. The normalized spacial score (nSPS) is 9.23. The zero-order chi connectivity index (χ0) is 9.68. The average Bonchev–Trinajstić information content (AvgIpc) is 2.09. The van der Waals surface area contributed by atoms with Crippen molar-refractivity contribution in [3.63, 3.8) is 0 Å². The highest BCUT2D eigenvalue weighted by Crippen LogP contribution is 2.13. The molecule has 0 bridgehead atoms. The summed E-state index contributed by atoms with van der Waals surface area (Å²) >= 11 is 4.60. The van der Waals surface area contributed by atoms with Gasteiger partial charge in [0.15, 0.2) is 5.90 Å². The van der Waals surface area contributed by atoms with Gasteiger partial charge >= 0.3 is 0 Å². The van der Waals surface area contributed by atoms with Crippen LogP contribution in [0.3, 0.4) is 0 Å². The zero-order valence-electron chi connectivity index (χ0n) is 6.99.